The number of amides is 3. The van der Waals surface area contributed by atoms with E-state index in [0.717, 1.165) is 33.9 Å². The molecule has 0 radical (unpaired) electrons. The van der Waals surface area contributed by atoms with Crippen molar-refractivity contribution in [2.75, 3.05) is 4.90 Å². The van der Waals surface area contributed by atoms with Crippen molar-refractivity contribution in [2.24, 2.45) is 0 Å². The molecule has 1 fully saturated rings. The highest BCUT2D eigenvalue weighted by Crippen LogP contribution is 2.39. The molecule has 2 aliphatic rings. The van der Waals surface area contributed by atoms with Gasteiger partial charge in [-0.05, 0) is 55.2 Å². The molecule has 1 saturated heterocycles. The second-order valence-electron chi connectivity index (χ2n) is 11.3. The van der Waals surface area contributed by atoms with Gasteiger partial charge in [0, 0.05) is 24.7 Å². The second kappa shape index (κ2) is 8.33. The Morgan fingerprint density at radius 2 is 1.92 bits per heavy atom. The number of hydrogen-bond donors (Lipinski definition) is 0. The van der Waals surface area contributed by atoms with Gasteiger partial charge in [0.05, 0.1) is 24.1 Å². The van der Waals surface area contributed by atoms with E-state index < -0.39 is 14.4 Å². The normalized spacial score (nSPS) is 18.0. The molecule has 1 aromatic carbocycles. The van der Waals surface area contributed by atoms with Crippen LogP contribution >= 0.6 is 0 Å². The number of aromatic nitrogens is 3. The fourth-order valence-electron chi connectivity index (χ4n) is 4.55. The highest BCUT2D eigenvalue weighted by molar-refractivity contribution is 6.74. The first-order valence-electron chi connectivity index (χ1n) is 12.3. The molecule has 3 amide bonds. The third-order valence-corrected chi connectivity index (χ3v) is 12.2. The minimum atomic E-state index is -1.99. The molecule has 0 aliphatic carbocycles. The number of carbonyl (C=O) groups excluding carboxylic acids is 2. The average Bonchev–Trinajstić information content (AvgIpc) is 3.45. The number of urea groups is 1. The quantitative estimate of drug-likeness (QED) is 0.363. The van der Waals surface area contributed by atoms with Gasteiger partial charge in [-0.25, -0.2) is 9.69 Å². The van der Waals surface area contributed by atoms with Gasteiger partial charge in [0.2, 0.25) is 8.32 Å². The van der Waals surface area contributed by atoms with E-state index in [1.807, 2.05) is 32.0 Å². The van der Waals surface area contributed by atoms with Gasteiger partial charge in [-0.3, -0.25) is 9.48 Å². The zero-order valence-corrected chi connectivity index (χ0v) is 23.0. The zero-order chi connectivity index (χ0) is 26.0. The van der Waals surface area contributed by atoms with Crippen LogP contribution in [0.1, 0.15) is 48.9 Å². The third kappa shape index (κ3) is 4.03. The number of rotatable bonds is 5. The maximum Gasteiger partial charge on any atom is 0.332 e. The number of hydrogen-bond acceptors (Lipinski definition) is 6. The Kier molecular flexibility index (Phi) is 5.62. The molecule has 1 atom stereocenters. The molecule has 2 aliphatic heterocycles. The summed E-state index contributed by atoms with van der Waals surface area (Å²) in [5.41, 5.74) is 4.31. The molecule has 190 valence electrons. The van der Waals surface area contributed by atoms with Crippen LogP contribution in [0.5, 0.6) is 5.75 Å². The number of nitrogens with zero attached hydrogens (tertiary/aromatic N) is 5. The minimum Gasteiger partial charge on any atom is -0.543 e. The van der Waals surface area contributed by atoms with E-state index in [1.165, 1.54) is 4.90 Å². The molecule has 0 saturated carbocycles. The molecule has 0 unspecified atom stereocenters. The van der Waals surface area contributed by atoms with Gasteiger partial charge >= 0.3 is 6.03 Å². The van der Waals surface area contributed by atoms with Crippen molar-refractivity contribution in [1.82, 2.24) is 19.8 Å². The first-order chi connectivity index (χ1) is 16.9. The van der Waals surface area contributed by atoms with E-state index in [0.29, 0.717) is 25.2 Å². The summed E-state index contributed by atoms with van der Waals surface area (Å²) >= 11 is 0. The molecule has 10 heteroatoms. The number of imide groups is 1. The Bertz CT molecular complexity index is 1330. The molecule has 2 aromatic heterocycles. The lowest BCUT2D eigenvalue weighted by Crippen LogP contribution is -2.44. The molecule has 0 N–H and O–H groups in total. The Morgan fingerprint density at radius 1 is 1.17 bits per heavy atom. The fraction of sp³-hybridized carbons (Fsp3) is 0.462. The van der Waals surface area contributed by atoms with Crippen molar-refractivity contribution in [3.8, 4) is 5.75 Å². The first-order valence-corrected chi connectivity index (χ1v) is 15.2. The lowest BCUT2D eigenvalue weighted by molar-refractivity contribution is -0.120. The van der Waals surface area contributed by atoms with Crippen molar-refractivity contribution < 1.29 is 18.5 Å². The zero-order valence-electron chi connectivity index (χ0n) is 22.0. The van der Waals surface area contributed by atoms with Crippen LogP contribution < -0.4 is 9.33 Å². The lowest BCUT2D eigenvalue weighted by atomic mass is 9.94. The van der Waals surface area contributed by atoms with Crippen LogP contribution in [0.15, 0.2) is 35.1 Å². The monoisotopic (exact) mass is 507 g/mol. The Hall–Kier alpha value is -3.40. The van der Waals surface area contributed by atoms with E-state index >= 15 is 0 Å². The van der Waals surface area contributed by atoms with Gasteiger partial charge in [-0.15, -0.1) is 0 Å². The van der Waals surface area contributed by atoms with Crippen LogP contribution in [-0.4, -0.2) is 46.1 Å². The summed E-state index contributed by atoms with van der Waals surface area (Å²) < 4.78 is 13.4. The van der Waals surface area contributed by atoms with Gasteiger partial charge < -0.3 is 13.8 Å². The van der Waals surface area contributed by atoms with Crippen molar-refractivity contribution in [2.45, 2.75) is 78.3 Å². The SMILES string of the molecule is Cc1noc(C)c1Cn1cc(N2C(=O)[C@H]3Cc4ccc(O[Si](C)(C)C(C)(C)C)cc4CN3C2=O)cn1. The number of carbonyl (C=O) groups is 2. The minimum absolute atomic E-state index is 0.0851. The van der Waals surface area contributed by atoms with Gasteiger partial charge in [-0.2, -0.15) is 5.10 Å². The molecule has 0 spiro atoms. The number of benzene rings is 1. The summed E-state index contributed by atoms with van der Waals surface area (Å²) in [5, 5.41) is 8.44. The van der Waals surface area contributed by atoms with E-state index in [2.05, 4.69) is 44.1 Å². The highest BCUT2D eigenvalue weighted by Gasteiger charge is 2.48. The maximum atomic E-state index is 13.4. The van der Waals surface area contributed by atoms with Gasteiger partial charge in [0.1, 0.15) is 17.6 Å². The summed E-state index contributed by atoms with van der Waals surface area (Å²) in [5.74, 6) is 1.34. The Balaban J connectivity index is 1.35. The predicted molar refractivity (Wildman–Crippen MR) is 137 cm³/mol. The molecular formula is C26H33N5O4Si. The van der Waals surface area contributed by atoms with Crippen LogP contribution in [0.25, 0.3) is 0 Å². The summed E-state index contributed by atoms with van der Waals surface area (Å²) in [6.45, 7) is 15.6. The van der Waals surface area contributed by atoms with Crippen molar-refractivity contribution >= 4 is 25.9 Å². The lowest BCUT2D eigenvalue weighted by Gasteiger charge is -2.37. The average molecular weight is 508 g/mol. The molecule has 9 nitrogen and oxygen atoms in total. The second-order valence-corrected chi connectivity index (χ2v) is 16.0. The van der Waals surface area contributed by atoms with Crippen LogP contribution in [0.4, 0.5) is 10.5 Å². The van der Waals surface area contributed by atoms with Crippen LogP contribution in [0.3, 0.4) is 0 Å². The molecular weight excluding hydrogens is 474 g/mol. The van der Waals surface area contributed by atoms with Crippen LogP contribution in [0, 0.1) is 13.8 Å². The fourth-order valence-corrected chi connectivity index (χ4v) is 5.57. The molecule has 3 aromatic rings. The van der Waals surface area contributed by atoms with E-state index in [9.17, 15) is 9.59 Å². The van der Waals surface area contributed by atoms with E-state index in [4.69, 9.17) is 8.95 Å². The van der Waals surface area contributed by atoms with Crippen LogP contribution in [-0.2, 0) is 24.3 Å². The smallest absolute Gasteiger partial charge is 0.332 e. The van der Waals surface area contributed by atoms with Crippen molar-refractivity contribution in [3.05, 3.63) is 58.7 Å². The largest absolute Gasteiger partial charge is 0.543 e. The molecule has 5 rings (SSSR count). The summed E-state index contributed by atoms with van der Waals surface area (Å²) in [6.07, 6.45) is 3.77. The number of anilines is 1. The first kappa shape index (κ1) is 24.3. The van der Waals surface area contributed by atoms with Crippen LogP contribution in [0.2, 0.25) is 18.1 Å². The maximum absolute atomic E-state index is 13.4. The Morgan fingerprint density at radius 3 is 2.58 bits per heavy atom. The van der Waals surface area contributed by atoms with E-state index in [1.54, 1.807) is 22.0 Å². The predicted octanol–water partition coefficient (Wildman–Crippen LogP) is 4.81. The van der Waals surface area contributed by atoms with Gasteiger partial charge in [-0.1, -0.05) is 32.0 Å². The third-order valence-electron chi connectivity index (χ3n) is 7.81. The standard InChI is InChI=1S/C26H33N5O4Si/c1-16-22(17(2)34-28-16)15-29-14-20(12-27-29)31-24(32)23-11-18-8-9-21(35-36(6,7)26(3,4)5)10-19(18)13-30(23)25(31)33/h8-10,12,14,23H,11,13,15H2,1-7H3/t23-/m1/s1. The number of aryl methyl sites for hydroxylation is 2. The summed E-state index contributed by atoms with van der Waals surface area (Å²) in [4.78, 5) is 29.6. The van der Waals surface area contributed by atoms with E-state index in [-0.39, 0.29) is 17.0 Å². The molecule has 4 heterocycles. The summed E-state index contributed by atoms with van der Waals surface area (Å²) in [7, 11) is -1.99. The van der Waals surface area contributed by atoms with Gasteiger partial charge in [0.15, 0.2) is 0 Å². The summed E-state index contributed by atoms with van der Waals surface area (Å²) in [6, 6.07) is 5.24. The van der Waals surface area contributed by atoms with Crippen molar-refractivity contribution in [3.63, 3.8) is 0 Å². The highest BCUT2D eigenvalue weighted by atomic mass is 28.4. The Labute approximate surface area is 212 Å². The number of fused-ring (bicyclic) bond motifs is 2. The molecule has 36 heavy (non-hydrogen) atoms. The van der Waals surface area contributed by atoms with Crippen molar-refractivity contribution in [1.29, 1.82) is 0 Å². The van der Waals surface area contributed by atoms with Gasteiger partial charge in [0.25, 0.3) is 5.91 Å². The molecule has 0 bridgehead atoms. The topological polar surface area (TPSA) is 93.7 Å².